The number of rotatable bonds is 5. The zero-order valence-electron chi connectivity index (χ0n) is 14.3. The molecule has 0 fully saturated rings. The Morgan fingerprint density at radius 3 is 2.69 bits per heavy atom. The van der Waals surface area contributed by atoms with Gasteiger partial charge in [-0.15, -0.1) is 0 Å². The second kappa shape index (κ2) is 6.92. The summed E-state index contributed by atoms with van der Waals surface area (Å²) in [5.74, 6) is 1.34. The molecule has 1 aliphatic heterocycles. The molecule has 0 spiro atoms. The monoisotopic (exact) mass is 350 g/mol. The molecule has 0 radical (unpaired) electrons. The van der Waals surface area contributed by atoms with Gasteiger partial charge in [0.1, 0.15) is 17.2 Å². The predicted molar refractivity (Wildman–Crippen MR) is 95.1 cm³/mol. The summed E-state index contributed by atoms with van der Waals surface area (Å²) in [7, 11) is 0. The van der Waals surface area contributed by atoms with Gasteiger partial charge in [0.15, 0.2) is 5.76 Å². The van der Waals surface area contributed by atoms with Gasteiger partial charge < -0.3 is 13.6 Å². The highest BCUT2D eigenvalue weighted by Gasteiger charge is 2.36. The second-order valence-electron chi connectivity index (χ2n) is 5.84. The molecule has 26 heavy (non-hydrogen) atoms. The molecule has 0 saturated heterocycles. The summed E-state index contributed by atoms with van der Waals surface area (Å²) in [6.07, 6.45) is 3.60. The summed E-state index contributed by atoms with van der Waals surface area (Å²) in [5.41, 5.74) is 1.62. The minimum absolute atomic E-state index is 0.244. The van der Waals surface area contributed by atoms with Crippen molar-refractivity contribution in [2.24, 2.45) is 5.10 Å². The number of ether oxygens (including phenoxy) is 1. The summed E-state index contributed by atoms with van der Waals surface area (Å²) in [5, 5.41) is 5.99. The topological polar surface area (TPSA) is 68.2 Å². The van der Waals surface area contributed by atoms with Crippen molar-refractivity contribution in [3.8, 4) is 5.75 Å². The van der Waals surface area contributed by atoms with Gasteiger partial charge in [-0.05, 0) is 37.3 Å². The van der Waals surface area contributed by atoms with Crippen molar-refractivity contribution in [3.63, 3.8) is 0 Å². The Morgan fingerprint density at radius 1 is 1.15 bits per heavy atom. The van der Waals surface area contributed by atoms with E-state index in [1.807, 2.05) is 37.3 Å². The average Bonchev–Trinajstić information content (AvgIpc) is 3.42. The molecule has 1 aliphatic rings. The lowest BCUT2D eigenvalue weighted by atomic mass is 9.99. The molecule has 0 aliphatic carbocycles. The van der Waals surface area contributed by atoms with E-state index in [2.05, 4.69) is 5.10 Å². The summed E-state index contributed by atoms with van der Waals surface area (Å²) in [4.78, 5) is 12.9. The van der Waals surface area contributed by atoms with E-state index in [1.54, 1.807) is 24.5 Å². The Labute approximate surface area is 150 Å². The first kappa shape index (κ1) is 16.2. The lowest BCUT2D eigenvalue weighted by Crippen LogP contribution is -2.27. The molecule has 1 atom stereocenters. The number of furan rings is 2. The maximum absolute atomic E-state index is 12.9. The summed E-state index contributed by atoms with van der Waals surface area (Å²) in [6, 6.07) is 14.4. The Kier molecular flexibility index (Phi) is 4.31. The lowest BCUT2D eigenvalue weighted by molar-refractivity contribution is 0.0676. The molecule has 0 unspecified atom stereocenters. The zero-order chi connectivity index (χ0) is 17.9. The molecule has 1 aromatic carbocycles. The summed E-state index contributed by atoms with van der Waals surface area (Å²) >= 11 is 0. The quantitative estimate of drug-likeness (QED) is 0.689. The molecule has 0 bridgehead atoms. The fourth-order valence-corrected chi connectivity index (χ4v) is 3.09. The number of hydrazone groups is 1. The standard InChI is InChI=1S/C20H18N2O4/c1-2-24-17-8-4-3-7-14(17)16-13-15(18-9-5-11-25-18)21-22(16)20(23)19-10-6-12-26-19/h3-12,16H,2,13H2,1H3/t16-/m0/s1. The Hall–Kier alpha value is -3.28. The molecule has 132 valence electrons. The van der Waals surface area contributed by atoms with Crippen LogP contribution in [0.4, 0.5) is 0 Å². The summed E-state index contributed by atoms with van der Waals surface area (Å²) in [6.45, 7) is 2.48. The number of hydrogen-bond acceptors (Lipinski definition) is 5. The van der Waals surface area contributed by atoms with E-state index < -0.39 is 0 Å². The Bertz CT molecular complexity index is 913. The van der Waals surface area contributed by atoms with E-state index in [-0.39, 0.29) is 17.7 Å². The Balaban J connectivity index is 1.74. The first-order chi connectivity index (χ1) is 12.8. The number of hydrogen-bond donors (Lipinski definition) is 0. The molecule has 0 N–H and O–H groups in total. The van der Waals surface area contributed by atoms with E-state index >= 15 is 0 Å². The fourth-order valence-electron chi connectivity index (χ4n) is 3.09. The normalized spacial score (nSPS) is 16.6. The smallest absolute Gasteiger partial charge is 0.310 e. The van der Waals surface area contributed by atoms with E-state index in [4.69, 9.17) is 13.6 Å². The maximum atomic E-state index is 12.9. The van der Waals surface area contributed by atoms with Gasteiger partial charge in [0, 0.05) is 12.0 Å². The molecule has 3 aromatic rings. The van der Waals surface area contributed by atoms with E-state index in [9.17, 15) is 4.79 Å². The molecular formula is C20H18N2O4. The third kappa shape index (κ3) is 2.90. The van der Waals surface area contributed by atoms with Gasteiger partial charge in [0.05, 0.1) is 25.2 Å². The second-order valence-corrected chi connectivity index (χ2v) is 5.84. The maximum Gasteiger partial charge on any atom is 0.310 e. The number of benzene rings is 1. The van der Waals surface area contributed by atoms with Crippen LogP contribution in [0.3, 0.4) is 0 Å². The van der Waals surface area contributed by atoms with Gasteiger partial charge in [0.25, 0.3) is 0 Å². The van der Waals surface area contributed by atoms with Crippen molar-refractivity contribution in [2.45, 2.75) is 19.4 Å². The molecule has 6 heteroatoms. The molecule has 2 aromatic heterocycles. The number of para-hydroxylation sites is 1. The van der Waals surface area contributed by atoms with Crippen LogP contribution >= 0.6 is 0 Å². The van der Waals surface area contributed by atoms with Crippen molar-refractivity contribution < 1.29 is 18.4 Å². The van der Waals surface area contributed by atoms with Crippen LogP contribution in [-0.4, -0.2) is 23.2 Å². The van der Waals surface area contributed by atoms with Crippen LogP contribution in [0.5, 0.6) is 5.75 Å². The fraction of sp³-hybridized carbons (Fsp3) is 0.200. The van der Waals surface area contributed by atoms with Crippen molar-refractivity contribution in [1.29, 1.82) is 0 Å². The number of carbonyl (C=O) groups is 1. The van der Waals surface area contributed by atoms with Gasteiger partial charge in [-0.2, -0.15) is 5.10 Å². The molecule has 6 nitrogen and oxygen atoms in total. The van der Waals surface area contributed by atoms with Gasteiger partial charge in [-0.1, -0.05) is 18.2 Å². The van der Waals surface area contributed by atoms with Gasteiger partial charge >= 0.3 is 5.91 Å². The highest BCUT2D eigenvalue weighted by molar-refractivity contribution is 6.02. The average molecular weight is 350 g/mol. The van der Waals surface area contributed by atoms with Crippen LogP contribution in [0.15, 0.2) is 75.0 Å². The molecule has 3 heterocycles. The predicted octanol–water partition coefficient (Wildman–Crippen LogP) is 4.26. The van der Waals surface area contributed by atoms with Crippen molar-refractivity contribution >= 4 is 11.6 Å². The van der Waals surface area contributed by atoms with Crippen LogP contribution < -0.4 is 4.74 Å². The van der Waals surface area contributed by atoms with E-state index in [1.165, 1.54) is 11.3 Å². The zero-order valence-corrected chi connectivity index (χ0v) is 14.3. The highest BCUT2D eigenvalue weighted by atomic mass is 16.5. The molecule has 4 rings (SSSR count). The third-order valence-electron chi connectivity index (χ3n) is 4.23. The summed E-state index contributed by atoms with van der Waals surface area (Å²) < 4.78 is 16.5. The Morgan fingerprint density at radius 2 is 1.96 bits per heavy atom. The minimum Gasteiger partial charge on any atom is -0.494 e. The largest absolute Gasteiger partial charge is 0.494 e. The van der Waals surface area contributed by atoms with Gasteiger partial charge in [0.2, 0.25) is 0 Å². The first-order valence-electron chi connectivity index (χ1n) is 8.48. The van der Waals surface area contributed by atoms with Crippen molar-refractivity contribution in [2.75, 3.05) is 6.61 Å². The number of nitrogens with zero attached hydrogens (tertiary/aromatic N) is 2. The van der Waals surface area contributed by atoms with Gasteiger partial charge in [-0.25, -0.2) is 5.01 Å². The third-order valence-corrected chi connectivity index (χ3v) is 4.23. The van der Waals surface area contributed by atoms with Gasteiger partial charge in [-0.3, -0.25) is 4.79 Å². The highest BCUT2D eigenvalue weighted by Crippen LogP contribution is 2.38. The molecular weight excluding hydrogens is 332 g/mol. The van der Waals surface area contributed by atoms with Crippen LogP contribution in [0, 0.1) is 0 Å². The number of amides is 1. The first-order valence-corrected chi connectivity index (χ1v) is 8.48. The van der Waals surface area contributed by atoms with E-state index in [0.29, 0.717) is 24.5 Å². The molecule has 1 amide bonds. The van der Waals surface area contributed by atoms with Crippen LogP contribution in [0.1, 0.15) is 41.3 Å². The lowest BCUT2D eigenvalue weighted by Gasteiger charge is -2.23. The van der Waals surface area contributed by atoms with Crippen molar-refractivity contribution in [1.82, 2.24) is 5.01 Å². The number of carbonyl (C=O) groups excluding carboxylic acids is 1. The van der Waals surface area contributed by atoms with Crippen LogP contribution in [0.25, 0.3) is 0 Å². The molecule has 0 saturated carbocycles. The van der Waals surface area contributed by atoms with E-state index in [0.717, 1.165) is 11.3 Å². The SMILES string of the molecule is CCOc1ccccc1[C@@H]1CC(c2ccco2)=NN1C(=O)c1ccco1. The van der Waals surface area contributed by atoms with Crippen molar-refractivity contribution in [3.05, 3.63) is 78.1 Å². The van der Waals surface area contributed by atoms with Crippen LogP contribution in [0.2, 0.25) is 0 Å². The van der Waals surface area contributed by atoms with Crippen LogP contribution in [-0.2, 0) is 0 Å². The minimum atomic E-state index is -0.298.